The lowest BCUT2D eigenvalue weighted by atomic mass is 9.87. The summed E-state index contributed by atoms with van der Waals surface area (Å²) in [5, 5.41) is 14.7. The summed E-state index contributed by atoms with van der Waals surface area (Å²) in [4.78, 5) is 23.7. The highest BCUT2D eigenvalue weighted by molar-refractivity contribution is 5.97. The Kier molecular flexibility index (Phi) is 6.17. The van der Waals surface area contributed by atoms with E-state index >= 15 is 0 Å². The molecule has 0 aromatic carbocycles. The normalized spacial score (nSPS) is 12.8. The van der Waals surface area contributed by atoms with Crippen LogP contribution in [0.5, 0.6) is 0 Å². The van der Waals surface area contributed by atoms with Crippen LogP contribution >= 0.6 is 0 Å². The molecule has 1 heterocycles. The predicted octanol–water partition coefficient (Wildman–Crippen LogP) is 1.54. The maximum absolute atomic E-state index is 11.9. The molecule has 0 spiro atoms. The van der Waals surface area contributed by atoms with E-state index in [1.165, 1.54) is 0 Å². The van der Waals surface area contributed by atoms with Crippen LogP contribution in [-0.2, 0) is 4.79 Å². The van der Waals surface area contributed by atoms with Gasteiger partial charge in [-0.25, -0.2) is 0 Å². The summed E-state index contributed by atoms with van der Waals surface area (Å²) in [6.45, 7) is 9.48. The molecule has 0 saturated carbocycles. The monoisotopic (exact) mass is 310 g/mol. The molecule has 0 aliphatic rings. The number of rotatable bonds is 7. The molecule has 1 unspecified atom stereocenters. The summed E-state index contributed by atoms with van der Waals surface area (Å²) in [6.07, 6.45) is 0.173. The number of amides is 2. The number of aliphatic hydroxyl groups is 1. The van der Waals surface area contributed by atoms with Crippen molar-refractivity contribution in [2.45, 2.75) is 47.1 Å². The fourth-order valence-corrected chi connectivity index (χ4v) is 2.38. The van der Waals surface area contributed by atoms with Crippen LogP contribution < -0.4 is 10.6 Å². The van der Waals surface area contributed by atoms with Crippen molar-refractivity contribution in [2.75, 3.05) is 13.1 Å². The number of nitrogens with one attached hydrogen (secondary N) is 2. The lowest BCUT2D eigenvalue weighted by Crippen LogP contribution is -2.41. The van der Waals surface area contributed by atoms with Gasteiger partial charge >= 0.3 is 0 Å². The Morgan fingerprint density at radius 3 is 2.45 bits per heavy atom. The smallest absolute Gasteiger partial charge is 0.255 e. The Hall–Kier alpha value is -1.82. The highest BCUT2D eigenvalue weighted by Crippen LogP contribution is 2.20. The molecule has 1 rings (SSSR count). The van der Waals surface area contributed by atoms with Gasteiger partial charge in [-0.2, -0.15) is 0 Å². The van der Waals surface area contributed by atoms with Gasteiger partial charge in [0.1, 0.15) is 11.5 Å². The number of hydrogen-bond acceptors (Lipinski definition) is 4. The van der Waals surface area contributed by atoms with Gasteiger partial charge in [-0.15, -0.1) is 0 Å². The van der Waals surface area contributed by atoms with Crippen molar-refractivity contribution in [3.05, 3.63) is 23.2 Å². The maximum atomic E-state index is 11.9. The molecule has 0 bridgehead atoms. The standard InChI is InChI=1S/C16H26N2O4/c1-10(19)7-16(4,5)9-18-14(20)8-17-15(21)13-6-11(2)22-12(13)3/h6,10,19H,7-9H2,1-5H3,(H,17,21)(H,18,20). The first-order valence-corrected chi connectivity index (χ1v) is 7.41. The first-order chi connectivity index (χ1) is 10.1. The molecule has 1 aromatic heterocycles. The van der Waals surface area contributed by atoms with Crippen LogP contribution in [0.2, 0.25) is 0 Å². The van der Waals surface area contributed by atoms with Crippen LogP contribution in [0.4, 0.5) is 0 Å². The van der Waals surface area contributed by atoms with Crippen LogP contribution in [0.3, 0.4) is 0 Å². The third-order valence-electron chi connectivity index (χ3n) is 3.31. The molecule has 22 heavy (non-hydrogen) atoms. The number of aryl methyl sites for hydroxylation is 2. The minimum atomic E-state index is -0.418. The zero-order chi connectivity index (χ0) is 16.9. The molecule has 6 heteroatoms. The van der Waals surface area contributed by atoms with Gasteiger partial charge in [0.2, 0.25) is 5.91 Å². The number of aliphatic hydroxyl groups excluding tert-OH is 1. The molecular weight excluding hydrogens is 284 g/mol. The van der Waals surface area contributed by atoms with Crippen LogP contribution in [0.15, 0.2) is 10.5 Å². The largest absolute Gasteiger partial charge is 0.466 e. The Morgan fingerprint density at radius 2 is 1.95 bits per heavy atom. The third-order valence-corrected chi connectivity index (χ3v) is 3.31. The summed E-state index contributed by atoms with van der Waals surface area (Å²) in [7, 11) is 0. The second kappa shape index (κ2) is 7.45. The minimum absolute atomic E-state index is 0.0900. The summed E-state index contributed by atoms with van der Waals surface area (Å²) >= 11 is 0. The van der Waals surface area contributed by atoms with Crippen molar-refractivity contribution < 1.29 is 19.1 Å². The van der Waals surface area contributed by atoms with Crippen molar-refractivity contribution in [2.24, 2.45) is 5.41 Å². The maximum Gasteiger partial charge on any atom is 0.255 e. The highest BCUT2D eigenvalue weighted by atomic mass is 16.3. The van der Waals surface area contributed by atoms with E-state index in [-0.39, 0.29) is 23.8 Å². The molecule has 2 amide bonds. The average molecular weight is 310 g/mol. The third kappa shape index (κ3) is 5.89. The van der Waals surface area contributed by atoms with E-state index in [2.05, 4.69) is 10.6 Å². The molecule has 1 atom stereocenters. The van der Waals surface area contributed by atoms with Crippen LogP contribution in [0.25, 0.3) is 0 Å². The number of hydrogen-bond donors (Lipinski definition) is 3. The van der Waals surface area contributed by atoms with E-state index in [0.717, 1.165) is 0 Å². The molecule has 124 valence electrons. The quantitative estimate of drug-likeness (QED) is 0.712. The highest BCUT2D eigenvalue weighted by Gasteiger charge is 2.21. The molecule has 0 saturated heterocycles. The molecule has 0 radical (unpaired) electrons. The van der Waals surface area contributed by atoms with E-state index < -0.39 is 6.10 Å². The Balaban J connectivity index is 2.40. The van der Waals surface area contributed by atoms with Gasteiger partial charge in [0, 0.05) is 6.54 Å². The van der Waals surface area contributed by atoms with Crippen molar-refractivity contribution in [3.63, 3.8) is 0 Å². The van der Waals surface area contributed by atoms with Gasteiger partial charge in [0.15, 0.2) is 0 Å². The molecule has 0 aliphatic carbocycles. The van der Waals surface area contributed by atoms with E-state index in [1.54, 1.807) is 26.8 Å². The average Bonchev–Trinajstić information content (AvgIpc) is 2.71. The summed E-state index contributed by atoms with van der Waals surface area (Å²) < 4.78 is 5.29. The molecule has 0 fully saturated rings. The van der Waals surface area contributed by atoms with Gasteiger partial charge in [-0.3, -0.25) is 9.59 Å². The lowest BCUT2D eigenvalue weighted by Gasteiger charge is -2.26. The molecular formula is C16H26N2O4. The zero-order valence-electron chi connectivity index (χ0n) is 13.9. The SMILES string of the molecule is Cc1cc(C(=O)NCC(=O)NCC(C)(C)CC(C)O)c(C)o1. The van der Waals surface area contributed by atoms with Gasteiger partial charge in [0.05, 0.1) is 18.2 Å². The predicted molar refractivity (Wildman–Crippen MR) is 83.6 cm³/mol. The van der Waals surface area contributed by atoms with Crippen molar-refractivity contribution in [3.8, 4) is 0 Å². The van der Waals surface area contributed by atoms with Crippen molar-refractivity contribution in [1.82, 2.24) is 10.6 Å². The number of carbonyl (C=O) groups excluding carboxylic acids is 2. The number of furan rings is 1. The molecule has 0 aliphatic heterocycles. The van der Waals surface area contributed by atoms with E-state index in [4.69, 9.17) is 4.42 Å². The van der Waals surface area contributed by atoms with Gasteiger partial charge in [0.25, 0.3) is 5.91 Å². The van der Waals surface area contributed by atoms with Gasteiger partial charge in [-0.05, 0) is 38.7 Å². The fraction of sp³-hybridized carbons (Fsp3) is 0.625. The second-order valence-corrected chi connectivity index (χ2v) is 6.50. The molecule has 6 nitrogen and oxygen atoms in total. The molecule has 3 N–H and O–H groups in total. The second-order valence-electron chi connectivity index (χ2n) is 6.50. The van der Waals surface area contributed by atoms with Gasteiger partial charge in [-0.1, -0.05) is 13.8 Å². The topological polar surface area (TPSA) is 91.6 Å². The first kappa shape index (κ1) is 18.2. The summed E-state index contributed by atoms with van der Waals surface area (Å²) in [6, 6.07) is 1.65. The van der Waals surface area contributed by atoms with Crippen LogP contribution in [0, 0.1) is 19.3 Å². The van der Waals surface area contributed by atoms with Crippen molar-refractivity contribution >= 4 is 11.8 Å². The van der Waals surface area contributed by atoms with Crippen LogP contribution in [0.1, 0.15) is 49.1 Å². The van der Waals surface area contributed by atoms with Crippen LogP contribution in [-0.4, -0.2) is 36.1 Å². The fourth-order valence-electron chi connectivity index (χ4n) is 2.38. The van der Waals surface area contributed by atoms with Gasteiger partial charge < -0.3 is 20.2 Å². The summed E-state index contributed by atoms with van der Waals surface area (Å²) in [5.41, 5.74) is 0.242. The van der Waals surface area contributed by atoms with E-state index in [9.17, 15) is 14.7 Å². The Labute approximate surface area is 131 Å². The minimum Gasteiger partial charge on any atom is -0.466 e. The van der Waals surface area contributed by atoms with E-state index in [1.807, 2.05) is 13.8 Å². The Bertz CT molecular complexity index is 532. The summed E-state index contributed by atoms with van der Waals surface area (Å²) in [5.74, 6) is 0.609. The lowest BCUT2D eigenvalue weighted by molar-refractivity contribution is -0.120. The van der Waals surface area contributed by atoms with Crippen molar-refractivity contribution in [1.29, 1.82) is 0 Å². The number of carbonyl (C=O) groups is 2. The Morgan fingerprint density at radius 1 is 1.32 bits per heavy atom. The first-order valence-electron chi connectivity index (χ1n) is 7.41. The molecule has 1 aromatic rings. The zero-order valence-corrected chi connectivity index (χ0v) is 13.9. The van der Waals surface area contributed by atoms with E-state index in [0.29, 0.717) is 30.0 Å².